The van der Waals surface area contributed by atoms with Gasteiger partial charge in [-0.1, -0.05) is 23.4 Å². The average molecular weight is 609 g/mol. The minimum Gasteiger partial charge on any atom is -0.492 e. The summed E-state index contributed by atoms with van der Waals surface area (Å²) in [6.45, 7) is 4.97. The Kier molecular flexibility index (Phi) is 9.28. The third-order valence-corrected chi connectivity index (χ3v) is 7.82. The number of rotatable bonds is 4. The van der Waals surface area contributed by atoms with Gasteiger partial charge in [0.05, 0.1) is 18.7 Å². The number of fused-ring (bicyclic) bond motifs is 4. The minimum absolute atomic E-state index is 0.00485. The van der Waals surface area contributed by atoms with Gasteiger partial charge in [-0.2, -0.15) is 0 Å². The van der Waals surface area contributed by atoms with Gasteiger partial charge < -0.3 is 23.6 Å². The predicted octanol–water partition coefficient (Wildman–Crippen LogP) is 4.20. The van der Waals surface area contributed by atoms with Crippen LogP contribution in [0.5, 0.6) is 5.75 Å². The van der Waals surface area contributed by atoms with E-state index in [1.54, 1.807) is 29.5 Å². The van der Waals surface area contributed by atoms with Crippen LogP contribution in [0.4, 0.5) is 0 Å². The van der Waals surface area contributed by atoms with Crippen LogP contribution in [-0.2, 0) is 17.8 Å². The van der Waals surface area contributed by atoms with E-state index in [4.69, 9.17) is 9.26 Å². The lowest BCUT2D eigenvalue weighted by molar-refractivity contribution is -0.131. The Balaban J connectivity index is 1.22. The van der Waals surface area contributed by atoms with Crippen molar-refractivity contribution in [1.29, 1.82) is 0 Å². The number of aryl methyl sites for hydroxylation is 2. The Hall–Kier alpha value is -5.26. The summed E-state index contributed by atoms with van der Waals surface area (Å²) in [6, 6.07) is 17.1. The van der Waals surface area contributed by atoms with Crippen molar-refractivity contribution < 1.29 is 18.8 Å². The van der Waals surface area contributed by atoms with Crippen molar-refractivity contribution in [2.24, 2.45) is 0 Å². The van der Waals surface area contributed by atoms with E-state index in [0.29, 0.717) is 56.4 Å². The highest BCUT2D eigenvalue weighted by atomic mass is 16.5. The number of ether oxygens (including phenoxy) is 1. The van der Waals surface area contributed by atoms with E-state index in [-0.39, 0.29) is 18.2 Å². The lowest BCUT2D eigenvalue weighted by atomic mass is 10.1. The van der Waals surface area contributed by atoms with Crippen molar-refractivity contribution in [2.45, 2.75) is 39.2 Å². The number of hydrogen-bond acceptors (Lipinski definition) is 8. The van der Waals surface area contributed by atoms with E-state index in [1.807, 2.05) is 71.5 Å². The van der Waals surface area contributed by atoms with Gasteiger partial charge >= 0.3 is 0 Å². The summed E-state index contributed by atoms with van der Waals surface area (Å²) >= 11 is 0. The Labute approximate surface area is 261 Å². The number of carbonyl (C=O) groups is 2. The molecule has 4 heterocycles. The van der Waals surface area contributed by atoms with Crippen LogP contribution in [0.2, 0.25) is 0 Å². The second-order valence-corrected chi connectivity index (χ2v) is 11.1. The fourth-order valence-electron chi connectivity index (χ4n) is 5.54. The normalized spacial score (nSPS) is 14.8. The molecule has 0 aliphatic carbocycles. The number of aromatic nitrogens is 6. The molecule has 0 atom stereocenters. The van der Waals surface area contributed by atoms with Crippen LogP contribution in [0.25, 0.3) is 17.1 Å². The first kappa shape index (κ1) is 29.8. The summed E-state index contributed by atoms with van der Waals surface area (Å²) in [6.07, 6.45) is 9.34. The maximum Gasteiger partial charge on any atom is 0.254 e. The zero-order valence-corrected chi connectivity index (χ0v) is 25.3. The number of carbonyl (C=O) groups excluding carboxylic acids is 2. The molecule has 2 amide bonds. The first-order valence-corrected chi connectivity index (χ1v) is 15.2. The lowest BCUT2D eigenvalue weighted by Crippen LogP contribution is -2.37. The zero-order chi connectivity index (χ0) is 31.0. The molecule has 12 heteroatoms. The fraction of sp³-hybridized carbons (Fsp3) is 0.333. The van der Waals surface area contributed by atoms with Crippen LogP contribution in [-0.4, -0.2) is 83.9 Å². The largest absolute Gasteiger partial charge is 0.492 e. The number of amides is 2. The molecule has 5 aromatic rings. The van der Waals surface area contributed by atoms with Crippen LogP contribution in [0.15, 0.2) is 84.2 Å². The standard InChI is InChI=1S/C33H36N8O4/c1-25-19-30(45-37-25)22-31(42)38-12-2-3-13-40(33(43)27-8-4-9-28(20-27)41-23-35-36-24-41)17-18-44-29-10-5-7-26(21-29)32-34-11-16-39(32)15-6-14-38/h4-5,7-11,16,19-21,23-24H,2-3,6,12-15,17-18,22H2,1H3. The van der Waals surface area contributed by atoms with Crippen molar-refractivity contribution in [1.82, 2.24) is 39.3 Å². The summed E-state index contributed by atoms with van der Waals surface area (Å²) in [5, 5.41) is 11.7. The van der Waals surface area contributed by atoms with Gasteiger partial charge in [0.2, 0.25) is 5.91 Å². The van der Waals surface area contributed by atoms with Crippen molar-refractivity contribution in [3.05, 3.63) is 96.7 Å². The molecule has 1 aliphatic heterocycles. The van der Waals surface area contributed by atoms with Crippen LogP contribution < -0.4 is 4.74 Å². The van der Waals surface area contributed by atoms with E-state index in [2.05, 4.69) is 24.9 Å². The van der Waals surface area contributed by atoms with Crippen LogP contribution in [0, 0.1) is 6.92 Å². The molecule has 45 heavy (non-hydrogen) atoms. The van der Waals surface area contributed by atoms with E-state index in [0.717, 1.165) is 42.0 Å². The Morgan fingerprint density at radius 2 is 1.67 bits per heavy atom. The Bertz CT molecular complexity index is 1730. The molecule has 0 unspecified atom stereocenters. The first-order valence-electron chi connectivity index (χ1n) is 15.2. The molecule has 1 aliphatic rings. The molecular weight excluding hydrogens is 572 g/mol. The molecule has 0 saturated heterocycles. The fourth-order valence-corrected chi connectivity index (χ4v) is 5.54. The van der Waals surface area contributed by atoms with Crippen LogP contribution >= 0.6 is 0 Å². The van der Waals surface area contributed by atoms with E-state index in [1.165, 1.54) is 0 Å². The van der Waals surface area contributed by atoms with E-state index in [9.17, 15) is 9.59 Å². The molecule has 3 aromatic heterocycles. The molecule has 232 valence electrons. The Morgan fingerprint density at radius 1 is 0.867 bits per heavy atom. The third kappa shape index (κ3) is 7.46. The minimum atomic E-state index is -0.0872. The van der Waals surface area contributed by atoms with Gasteiger partial charge in [-0.05, 0) is 56.5 Å². The molecule has 0 radical (unpaired) electrons. The van der Waals surface area contributed by atoms with Gasteiger partial charge in [0.1, 0.15) is 36.6 Å². The molecule has 2 bridgehead atoms. The smallest absolute Gasteiger partial charge is 0.254 e. The molecule has 6 rings (SSSR count). The molecule has 2 aromatic carbocycles. The van der Waals surface area contributed by atoms with Gasteiger partial charge in [0.25, 0.3) is 5.91 Å². The summed E-state index contributed by atoms with van der Waals surface area (Å²) in [5.74, 6) is 2.02. The highest BCUT2D eigenvalue weighted by Crippen LogP contribution is 2.23. The third-order valence-electron chi connectivity index (χ3n) is 7.82. The van der Waals surface area contributed by atoms with Gasteiger partial charge in [-0.25, -0.2) is 4.98 Å². The van der Waals surface area contributed by atoms with Gasteiger partial charge in [-0.15, -0.1) is 10.2 Å². The monoisotopic (exact) mass is 608 g/mol. The number of hydrogen-bond donors (Lipinski definition) is 0. The zero-order valence-electron chi connectivity index (χ0n) is 25.3. The number of imidazole rings is 1. The maximum atomic E-state index is 13.8. The molecule has 0 N–H and O–H groups in total. The maximum absolute atomic E-state index is 13.8. The molecular formula is C33H36N8O4. The van der Waals surface area contributed by atoms with Gasteiger partial charge in [0.15, 0.2) is 0 Å². The lowest BCUT2D eigenvalue weighted by Gasteiger charge is -2.25. The highest BCUT2D eigenvalue weighted by Gasteiger charge is 2.20. The van der Waals surface area contributed by atoms with E-state index >= 15 is 0 Å². The summed E-state index contributed by atoms with van der Waals surface area (Å²) in [4.78, 5) is 35.5. The van der Waals surface area contributed by atoms with Crippen molar-refractivity contribution in [2.75, 3.05) is 32.8 Å². The summed E-state index contributed by atoms with van der Waals surface area (Å²) < 4.78 is 15.3. The van der Waals surface area contributed by atoms with Crippen LogP contribution in [0.1, 0.15) is 41.1 Å². The average Bonchev–Trinajstić information content (AvgIpc) is 3.84. The van der Waals surface area contributed by atoms with Crippen molar-refractivity contribution in [3.63, 3.8) is 0 Å². The number of benzene rings is 2. The summed E-state index contributed by atoms with van der Waals surface area (Å²) in [5.41, 5.74) is 3.06. The second kappa shape index (κ2) is 14.0. The van der Waals surface area contributed by atoms with E-state index < -0.39 is 0 Å². The first-order chi connectivity index (χ1) is 22.0. The predicted molar refractivity (Wildman–Crippen MR) is 166 cm³/mol. The quantitative estimate of drug-likeness (QED) is 0.297. The Morgan fingerprint density at radius 3 is 2.49 bits per heavy atom. The topological polar surface area (TPSA) is 124 Å². The van der Waals surface area contributed by atoms with Crippen molar-refractivity contribution >= 4 is 11.8 Å². The SMILES string of the molecule is Cc1cc(CC(=O)N2CCCCN(C(=O)c3cccc(-n4cnnc4)c3)CCOc3cccc(c3)-c3nccn3CCC2)on1. The van der Waals surface area contributed by atoms with Crippen LogP contribution in [0.3, 0.4) is 0 Å². The number of nitrogens with zero attached hydrogens (tertiary/aromatic N) is 8. The van der Waals surface area contributed by atoms with Gasteiger partial charge in [-0.3, -0.25) is 14.2 Å². The molecule has 0 spiro atoms. The summed E-state index contributed by atoms with van der Waals surface area (Å²) in [7, 11) is 0. The van der Waals surface area contributed by atoms with Crippen molar-refractivity contribution in [3.8, 4) is 22.8 Å². The molecule has 0 saturated carbocycles. The van der Waals surface area contributed by atoms with Gasteiger partial charge in [0, 0.05) is 61.5 Å². The molecule has 0 fully saturated rings. The highest BCUT2D eigenvalue weighted by molar-refractivity contribution is 5.94. The second-order valence-electron chi connectivity index (χ2n) is 11.1. The molecule has 12 nitrogen and oxygen atoms in total.